The summed E-state index contributed by atoms with van der Waals surface area (Å²) in [6.45, 7) is 15.3. The molecule has 1 aliphatic heterocycles. The highest BCUT2D eigenvalue weighted by Crippen LogP contribution is 2.77. The molecule has 0 radical (unpaired) electrons. The average molecular weight is 661 g/mol. The number of carboxylic acid groups (broad SMARTS) is 1. The van der Waals surface area contributed by atoms with Crippen LogP contribution >= 0.6 is 0 Å². The number of carbonyl (C=O) groups excluding carboxylic acids is 2. The highest BCUT2D eigenvalue weighted by atomic mass is 16.5. The van der Waals surface area contributed by atoms with Gasteiger partial charge in [-0.25, -0.2) is 0 Å². The number of hydrogen-bond acceptors (Lipinski definition) is 8. The van der Waals surface area contributed by atoms with Crippen molar-refractivity contribution in [2.45, 2.75) is 156 Å². The Kier molecular flexibility index (Phi) is 8.94. The zero-order chi connectivity index (χ0) is 34.5. The quantitative estimate of drug-likeness (QED) is 0.297. The largest absolute Gasteiger partial charge is 0.481 e. The number of aliphatic hydroxyl groups excluding tert-OH is 3. The average Bonchev–Trinajstić information content (AvgIpc) is 3.40. The lowest BCUT2D eigenvalue weighted by atomic mass is 9.32. The first-order valence-corrected chi connectivity index (χ1v) is 18.4. The molecule has 47 heavy (non-hydrogen) atoms. The van der Waals surface area contributed by atoms with Gasteiger partial charge in [-0.05, 0) is 123 Å². The third-order valence-electron chi connectivity index (χ3n) is 16.1. The maximum Gasteiger partial charge on any atom is 0.309 e. The number of ketones is 2. The maximum atomic E-state index is 13.0. The van der Waals surface area contributed by atoms with E-state index in [1.54, 1.807) is 13.8 Å². The van der Waals surface area contributed by atoms with E-state index in [1.807, 2.05) is 0 Å². The smallest absolute Gasteiger partial charge is 0.309 e. The van der Waals surface area contributed by atoms with Crippen LogP contribution in [0.5, 0.6) is 0 Å². The molecule has 6 rings (SSSR count). The van der Waals surface area contributed by atoms with Crippen molar-refractivity contribution in [3.05, 3.63) is 0 Å². The molecule has 6 aliphatic rings. The van der Waals surface area contributed by atoms with E-state index in [9.17, 15) is 34.8 Å². The number of carboxylic acids is 1. The van der Waals surface area contributed by atoms with Crippen molar-refractivity contribution in [1.29, 1.82) is 0 Å². The van der Waals surface area contributed by atoms with Crippen LogP contribution in [0.15, 0.2) is 0 Å². The number of aliphatic carboxylic acids is 1. The molecular weight excluding hydrogens is 600 g/mol. The van der Waals surface area contributed by atoms with E-state index < -0.39 is 41.9 Å². The van der Waals surface area contributed by atoms with Gasteiger partial charge in [0.2, 0.25) is 0 Å². The van der Waals surface area contributed by atoms with E-state index >= 15 is 0 Å². The van der Waals surface area contributed by atoms with Crippen LogP contribution in [0, 0.1) is 56.7 Å². The van der Waals surface area contributed by atoms with E-state index in [1.165, 1.54) is 0 Å². The van der Waals surface area contributed by atoms with Crippen LogP contribution in [0.25, 0.3) is 0 Å². The molecule has 1 heterocycles. The Morgan fingerprint density at radius 1 is 0.787 bits per heavy atom. The predicted molar refractivity (Wildman–Crippen MR) is 174 cm³/mol. The summed E-state index contributed by atoms with van der Waals surface area (Å²) in [6.07, 6.45) is 3.29. The number of rotatable bonds is 7. The molecule has 4 N–H and O–H groups in total. The number of aliphatic hydroxyl groups is 3. The van der Waals surface area contributed by atoms with Crippen molar-refractivity contribution in [3.63, 3.8) is 0 Å². The molecule has 0 spiro atoms. The van der Waals surface area contributed by atoms with Crippen LogP contribution in [-0.4, -0.2) is 81.2 Å². The summed E-state index contributed by atoms with van der Waals surface area (Å²) in [7, 11) is 0. The molecule has 15 atom stereocenters. The molecule has 9 nitrogen and oxygen atoms in total. The van der Waals surface area contributed by atoms with Crippen LogP contribution < -0.4 is 0 Å². The van der Waals surface area contributed by atoms with Gasteiger partial charge in [-0.15, -0.1) is 0 Å². The van der Waals surface area contributed by atoms with Gasteiger partial charge < -0.3 is 29.9 Å². The van der Waals surface area contributed by atoms with Crippen molar-refractivity contribution in [2.75, 3.05) is 6.61 Å². The minimum absolute atomic E-state index is 0.0255. The van der Waals surface area contributed by atoms with E-state index in [4.69, 9.17) is 9.47 Å². The summed E-state index contributed by atoms with van der Waals surface area (Å²) in [5.74, 6) is 0.186. The van der Waals surface area contributed by atoms with Crippen molar-refractivity contribution in [3.8, 4) is 0 Å². The van der Waals surface area contributed by atoms with Crippen molar-refractivity contribution >= 4 is 17.5 Å². The van der Waals surface area contributed by atoms with Crippen LogP contribution in [0.3, 0.4) is 0 Å². The third-order valence-corrected chi connectivity index (χ3v) is 16.1. The monoisotopic (exact) mass is 660 g/mol. The molecule has 0 aromatic carbocycles. The van der Waals surface area contributed by atoms with Gasteiger partial charge >= 0.3 is 5.97 Å². The number of Topliss-reactive ketones (excluding diaryl/α,β-unsaturated/α-hetero) is 2. The predicted octanol–water partition coefficient (Wildman–Crippen LogP) is 4.96. The summed E-state index contributed by atoms with van der Waals surface area (Å²) >= 11 is 0. The fourth-order valence-electron chi connectivity index (χ4n) is 13.5. The van der Waals surface area contributed by atoms with Crippen molar-refractivity contribution in [2.24, 2.45) is 56.7 Å². The van der Waals surface area contributed by atoms with Crippen molar-refractivity contribution < 1.29 is 44.3 Å². The lowest BCUT2D eigenvalue weighted by molar-refractivity contribution is -0.251. The number of fused-ring (bicyclic) bond motifs is 7. The Morgan fingerprint density at radius 2 is 1.49 bits per heavy atom. The van der Waals surface area contributed by atoms with Crippen LogP contribution in [0.4, 0.5) is 0 Å². The summed E-state index contributed by atoms with van der Waals surface area (Å²) in [5.41, 5.74) is -0.829. The molecule has 0 aromatic rings. The van der Waals surface area contributed by atoms with Gasteiger partial charge in [0, 0.05) is 12.3 Å². The Hall–Kier alpha value is -1.39. The van der Waals surface area contributed by atoms with Gasteiger partial charge in [0.25, 0.3) is 0 Å². The van der Waals surface area contributed by atoms with Gasteiger partial charge in [-0.1, -0.05) is 34.6 Å². The first kappa shape index (κ1) is 35.4. The lowest BCUT2D eigenvalue weighted by Crippen LogP contribution is -2.67. The Morgan fingerprint density at radius 3 is 2.15 bits per heavy atom. The number of carbonyl (C=O) groups is 3. The van der Waals surface area contributed by atoms with Gasteiger partial charge in [-0.2, -0.15) is 0 Å². The van der Waals surface area contributed by atoms with E-state index in [0.717, 1.165) is 44.9 Å². The summed E-state index contributed by atoms with van der Waals surface area (Å²) in [6, 6.07) is 0. The van der Waals surface area contributed by atoms with Gasteiger partial charge in [0.15, 0.2) is 5.78 Å². The second-order valence-electron chi connectivity index (χ2n) is 18.2. The molecule has 2 unspecified atom stereocenters. The molecule has 5 aliphatic carbocycles. The second-order valence-corrected chi connectivity index (χ2v) is 18.2. The van der Waals surface area contributed by atoms with Crippen LogP contribution in [0.1, 0.15) is 119 Å². The summed E-state index contributed by atoms with van der Waals surface area (Å²) < 4.78 is 12.1. The van der Waals surface area contributed by atoms with Gasteiger partial charge in [0.1, 0.15) is 30.7 Å². The summed E-state index contributed by atoms with van der Waals surface area (Å²) in [4.78, 5) is 38.8. The Labute approximate surface area is 280 Å². The standard InChI is InChI=1S/C38H60O9/c1-20(39)23-10-15-38(33(44)45)17-16-36(6)24(29(23)38)8-9-27-35(5)13-12-28(34(3,4)26(35)11-14-37(27,36)7)46-19-22(40)18-25-31(42)32(43)30(41)21(2)47-25/h21,23-32,41-43H,8-19H2,1-7H3,(H,44,45)/t21?,23?,24-,25+,26+,27-,28+,29+,30-,31-,32-,35+,36-,37-,38+/m1/s1. The third kappa shape index (κ3) is 5.05. The topological polar surface area (TPSA) is 151 Å². The lowest BCUT2D eigenvalue weighted by Gasteiger charge is -2.72. The SMILES string of the molecule is CC(=O)C1CC[C@]2(C(=O)O)CC[C@]3(C)[C@H](CC[C@@H]4[C@@]5(C)CC[C@H](OCC(=O)C[C@@H]6OC(C)[C@@H](O)[C@@H](O)[C@@H]6O)C(C)(C)[C@@H]5CC[C@]43C)[C@H]12. The molecule has 266 valence electrons. The molecule has 0 aromatic heterocycles. The maximum absolute atomic E-state index is 13.0. The number of hydrogen-bond donors (Lipinski definition) is 4. The molecule has 0 bridgehead atoms. The molecular formula is C38H60O9. The highest BCUT2D eigenvalue weighted by molar-refractivity contribution is 5.83. The highest BCUT2D eigenvalue weighted by Gasteiger charge is 2.72. The normalized spacial score (nSPS) is 52.0. The van der Waals surface area contributed by atoms with E-state index in [-0.39, 0.29) is 70.1 Å². The van der Waals surface area contributed by atoms with Crippen molar-refractivity contribution in [1.82, 2.24) is 0 Å². The minimum atomic E-state index is -1.36. The fraction of sp³-hybridized carbons (Fsp3) is 0.921. The zero-order valence-electron chi connectivity index (χ0n) is 29.7. The Bertz CT molecular complexity index is 1270. The first-order chi connectivity index (χ1) is 21.8. The molecule has 0 amide bonds. The molecule has 5 saturated carbocycles. The van der Waals surface area contributed by atoms with E-state index in [2.05, 4.69) is 34.6 Å². The zero-order valence-corrected chi connectivity index (χ0v) is 29.7. The van der Waals surface area contributed by atoms with Gasteiger partial charge in [-0.3, -0.25) is 14.4 Å². The van der Waals surface area contributed by atoms with Crippen LogP contribution in [-0.2, 0) is 23.9 Å². The Balaban J connectivity index is 1.17. The summed E-state index contributed by atoms with van der Waals surface area (Å²) in [5, 5.41) is 41.1. The second kappa shape index (κ2) is 11.9. The molecule has 6 fully saturated rings. The first-order valence-electron chi connectivity index (χ1n) is 18.4. The number of ether oxygens (including phenoxy) is 2. The van der Waals surface area contributed by atoms with E-state index in [0.29, 0.717) is 31.1 Å². The molecule has 1 saturated heterocycles. The fourth-order valence-corrected chi connectivity index (χ4v) is 13.5. The van der Waals surface area contributed by atoms with Gasteiger partial charge in [0.05, 0.1) is 23.7 Å². The minimum Gasteiger partial charge on any atom is -0.481 e. The molecule has 9 heteroatoms. The van der Waals surface area contributed by atoms with Crippen LogP contribution in [0.2, 0.25) is 0 Å².